The molecule has 0 saturated carbocycles. The van der Waals surface area contributed by atoms with E-state index in [0.717, 1.165) is 10.8 Å². The van der Waals surface area contributed by atoms with Crippen molar-refractivity contribution in [3.05, 3.63) is 48.0 Å². The van der Waals surface area contributed by atoms with Crippen LogP contribution in [0.15, 0.2) is 42.5 Å². The third-order valence-corrected chi connectivity index (χ3v) is 3.95. The second-order valence-corrected chi connectivity index (χ2v) is 6.79. The first-order valence-corrected chi connectivity index (χ1v) is 8.57. The Kier molecular flexibility index (Phi) is 6.15. The van der Waals surface area contributed by atoms with E-state index in [9.17, 15) is 14.7 Å². The number of hydrogen-bond donors (Lipinski definition) is 2. The van der Waals surface area contributed by atoms with Crippen LogP contribution in [0.25, 0.3) is 10.8 Å². The van der Waals surface area contributed by atoms with E-state index in [2.05, 4.69) is 5.32 Å². The molecule has 0 aliphatic heterocycles. The lowest BCUT2D eigenvalue weighted by Gasteiger charge is -2.28. The maximum Gasteiger partial charge on any atom is 0.251 e. The Morgan fingerprint density at radius 2 is 1.80 bits per heavy atom. The summed E-state index contributed by atoms with van der Waals surface area (Å²) in [5.41, 5.74) is -0.352. The zero-order chi connectivity index (χ0) is 18.4. The van der Waals surface area contributed by atoms with Crippen molar-refractivity contribution in [2.45, 2.75) is 32.8 Å². The highest BCUT2D eigenvalue weighted by molar-refractivity contribution is 5.98. The lowest BCUT2D eigenvalue weighted by molar-refractivity contribution is -0.133. The fraction of sp³-hybridized carbons (Fsp3) is 0.400. The molecule has 0 fully saturated rings. The zero-order valence-electron chi connectivity index (χ0n) is 15.1. The number of aliphatic hydroxyl groups is 1. The molecule has 2 rings (SSSR count). The first-order valence-electron chi connectivity index (χ1n) is 8.57. The molecule has 134 valence electrons. The Morgan fingerprint density at radius 3 is 2.44 bits per heavy atom. The highest BCUT2D eigenvalue weighted by atomic mass is 16.3. The van der Waals surface area contributed by atoms with Crippen LogP contribution in [-0.4, -0.2) is 47.1 Å². The number of fused-ring (bicyclic) bond motifs is 1. The summed E-state index contributed by atoms with van der Waals surface area (Å²) in [5, 5.41) is 14.7. The standard InChI is InChI=1S/C20H26N2O3/c1-4-22(14-20(2,3)25)18(23)11-12-21-19(24)17-10-9-15-7-5-6-8-16(15)13-17/h5-10,13,25H,4,11-12,14H2,1-3H3,(H,21,24). The molecule has 25 heavy (non-hydrogen) atoms. The lowest BCUT2D eigenvalue weighted by Crippen LogP contribution is -2.43. The van der Waals surface area contributed by atoms with Crippen LogP contribution in [0.4, 0.5) is 0 Å². The summed E-state index contributed by atoms with van der Waals surface area (Å²) < 4.78 is 0. The Bertz CT molecular complexity index is 750. The van der Waals surface area contributed by atoms with Crippen LogP contribution in [0, 0.1) is 0 Å². The smallest absolute Gasteiger partial charge is 0.251 e. The topological polar surface area (TPSA) is 69.6 Å². The van der Waals surface area contributed by atoms with Gasteiger partial charge in [0.15, 0.2) is 0 Å². The SMILES string of the molecule is CCN(CC(C)(C)O)C(=O)CCNC(=O)c1ccc2ccccc2c1. The van der Waals surface area contributed by atoms with Crippen molar-refractivity contribution in [1.29, 1.82) is 0 Å². The van der Waals surface area contributed by atoms with Crippen molar-refractivity contribution < 1.29 is 14.7 Å². The van der Waals surface area contributed by atoms with Gasteiger partial charge in [0.25, 0.3) is 5.91 Å². The number of carbonyl (C=O) groups is 2. The number of rotatable bonds is 7. The molecule has 0 aliphatic rings. The molecule has 5 heteroatoms. The van der Waals surface area contributed by atoms with E-state index in [1.54, 1.807) is 24.8 Å². The van der Waals surface area contributed by atoms with E-state index in [1.807, 2.05) is 43.3 Å². The fourth-order valence-electron chi connectivity index (χ4n) is 2.72. The number of carbonyl (C=O) groups excluding carboxylic acids is 2. The summed E-state index contributed by atoms with van der Waals surface area (Å²) in [7, 11) is 0. The Labute approximate surface area is 148 Å². The van der Waals surface area contributed by atoms with Crippen LogP contribution < -0.4 is 5.32 Å². The Morgan fingerprint density at radius 1 is 1.12 bits per heavy atom. The van der Waals surface area contributed by atoms with E-state index in [1.165, 1.54) is 0 Å². The average Bonchev–Trinajstić information content (AvgIpc) is 2.58. The molecular formula is C20H26N2O3. The summed E-state index contributed by atoms with van der Waals surface area (Å²) in [6, 6.07) is 13.4. The summed E-state index contributed by atoms with van der Waals surface area (Å²) in [5.74, 6) is -0.271. The molecular weight excluding hydrogens is 316 g/mol. The van der Waals surface area contributed by atoms with E-state index >= 15 is 0 Å². The Balaban J connectivity index is 1.89. The van der Waals surface area contributed by atoms with Crippen molar-refractivity contribution in [1.82, 2.24) is 10.2 Å². The number of nitrogens with zero attached hydrogens (tertiary/aromatic N) is 1. The van der Waals surface area contributed by atoms with Crippen molar-refractivity contribution >= 4 is 22.6 Å². The van der Waals surface area contributed by atoms with Crippen LogP contribution in [0.1, 0.15) is 37.6 Å². The van der Waals surface area contributed by atoms with E-state index in [4.69, 9.17) is 0 Å². The minimum atomic E-state index is -0.931. The minimum Gasteiger partial charge on any atom is -0.389 e. The summed E-state index contributed by atoms with van der Waals surface area (Å²) in [6.07, 6.45) is 0.212. The molecule has 0 saturated heterocycles. The summed E-state index contributed by atoms with van der Waals surface area (Å²) in [6.45, 7) is 6.29. The molecule has 0 unspecified atom stereocenters. The third kappa shape index (κ3) is 5.57. The van der Waals surface area contributed by atoms with Crippen LogP contribution >= 0.6 is 0 Å². The van der Waals surface area contributed by atoms with Gasteiger partial charge in [-0.25, -0.2) is 0 Å². The van der Waals surface area contributed by atoms with Gasteiger partial charge in [-0.3, -0.25) is 9.59 Å². The van der Waals surface area contributed by atoms with Gasteiger partial charge >= 0.3 is 0 Å². The molecule has 0 radical (unpaired) electrons. The van der Waals surface area contributed by atoms with Gasteiger partial charge in [0, 0.05) is 31.6 Å². The highest BCUT2D eigenvalue weighted by Crippen LogP contribution is 2.15. The normalized spacial score (nSPS) is 11.4. The van der Waals surface area contributed by atoms with Gasteiger partial charge in [-0.05, 0) is 43.7 Å². The largest absolute Gasteiger partial charge is 0.389 e. The highest BCUT2D eigenvalue weighted by Gasteiger charge is 2.21. The summed E-state index contributed by atoms with van der Waals surface area (Å²) in [4.78, 5) is 26.1. The number of benzene rings is 2. The maximum absolute atomic E-state index is 12.3. The van der Waals surface area contributed by atoms with Crippen LogP contribution in [0.3, 0.4) is 0 Å². The van der Waals surface area contributed by atoms with Crippen molar-refractivity contribution in [2.24, 2.45) is 0 Å². The minimum absolute atomic E-state index is 0.0802. The molecule has 0 heterocycles. The summed E-state index contributed by atoms with van der Waals surface area (Å²) >= 11 is 0. The van der Waals surface area contributed by atoms with Crippen LogP contribution in [-0.2, 0) is 4.79 Å². The molecule has 2 aromatic carbocycles. The van der Waals surface area contributed by atoms with Crippen LogP contribution in [0.5, 0.6) is 0 Å². The lowest BCUT2D eigenvalue weighted by atomic mass is 10.1. The van der Waals surface area contributed by atoms with E-state index < -0.39 is 5.60 Å². The molecule has 0 aliphatic carbocycles. The van der Waals surface area contributed by atoms with Gasteiger partial charge in [-0.2, -0.15) is 0 Å². The zero-order valence-corrected chi connectivity index (χ0v) is 15.1. The van der Waals surface area contributed by atoms with Gasteiger partial charge in [0.05, 0.1) is 5.60 Å². The van der Waals surface area contributed by atoms with E-state index in [0.29, 0.717) is 12.1 Å². The van der Waals surface area contributed by atoms with Gasteiger partial charge in [-0.15, -0.1) is 0 Å². The monoisotopic (exact) mass is 342 g/mol. The van der Waals surface area contributed by atoms with Gasteiger partial charge in [-0.1, -0.05) is 30.3 Å². The molecule has 2 N–H and O–H groups in total. The predicted molar refractivity (Wildman–Crippen MR) is 99.5 cm³/mol. The number of hydrogen-bond acceptors (Lipinski definition) is 3. The predicted octanol–water partition coefficient (Wildman–Crippen LogP) is 2.58. The molecule has 0 aromatic heterocycles. The molecule has 2 amide bonds. The van der Waals surface area contributed by atoms with Crippen LogP contribution in [0.2, 0.25) is 0 Å². The molecule has 5 nitrogen and oxygen atoms in total. The van der Waals surface area contributed by atoms with Gasteiger partial charge in [0.2, 0.25) is 5.91 Å². The average molecular weight is 342 g/mol. The van der Waals surface area contributed by atoms with Crippen molar-refractivity contribution in [3.63, 3.8) is 0 Å². The first-order chi connectivity index (χ1) is 11.8. The second-order valence-electron chi connectivity index (χ2n) is 6.79. The molecule has 0 atom stereocenters. The number of nitrogens with one attached hydrogen (secondary N) is 1. The third-order valence-electron chi connectivity index (χ3n) is 3.95. The first kappa shape index (κ1) is 18.9. The molecule has 0 spiro atoms. The van der Waals surface area contributed by atoms with Crippen molar-refractivity contribution in [3.8, 4) is 0 Å². The number of amides is 2. The quantitative estimate of drug-likeness (QED) is 0.812. The van der Waals surface area contributed by atoms with Crippen molar-refractivity contribution in [2.75, 3.05) is 19.6 Å². The van der Waals surface area contributed by atoms with Gasteiger partial charge < -0.3 is 15.3 Å². The Hall–Kier alpha value is -2.40. The molecule has 0 bridgehead atoms. The maximum atomic E-state index is 12.3. The number of likely N-dealkylation sites (N-methyl/N-ethyl adjacent to an activating group) is 1. The second kappa shape index (κ2) is 8.12. The molecule has 2 aromatic rings. The fourth-order valence-corrected chi connectivity index (χ4v) is 2.72. The van der Waals surface area contributed by atoms with Gasteiger partial charge in [0.1, 0.15) is 0 Å². The van der Waals surface area contributed by atoms with E-state index in [-0.39, 0.29) is 31.3 Å².